The van der Waals surface area contributed by atoms with Gasteiger partial charge in [0.2, 0.25) is 5.88 Å². The van der Waals surface area contributed by atoms with Crippen LogP contribution < -0.4 is 9.04 Å². The predicted octanol–water partition coefficient (Wildman–Crippen LogP) is 5.03. The van der Waals surface area contributed by atoms with E-state index >= 15 is 0 Å². The molecule has 0 saturated carbocycles. The summed E-state index contributed by atoms with van der Waals surface area (Å²) in [5.41, 5.74) is 1.45. The molecular formula is C23H19Cl2FN2O4S. The van der Waals surface area contributed by atoms with Gasteiger partial charge in [-0.1, -0.05) is 48.3 Å². The molecule has 0 aliphatic carbocycles. The first kappa shape index (κ1) is 23.5. The number of nitrogens with zero attached hydrogens (tertiary/aromatic N) is 2. The molecule has 0 N–H and O–H groups in total. The Morgan fingerprint density at radius 2 is 1.94 bits per heavy atom. The molecule has 4 rings (SSSR count). The summed E-state index contributed by atoms with van der Waals surface area (Å²) in [5, 5.41) is 0.209. The summed E-state index contributed by atoms with van der Waals surface area (Å²) >= 11 is 12.0. The van der Waals surface area contributed by atoms with Gasteiger partial charge in [0, 0.05) is 23.6 Å². The van der Waals surface area contributed by atoms with Gasteiger partial charge in [-0.3, -0.25) is 9.10 Å². The summed E-state index contributed by atoms with van der Waals surface area (Å²) in [4.78, 5) is 17.0. The Hall–Kier alpha value is -2.68. The van der Waals surface area contributed by atoms with E-state index in [2.05, 4.69) is 4.98 Å². The van der Waals surface area contributed by atoms with E-state index in [1.165, 1.54) is 6.20 Å². The Balaban J connectivity index is 1.64. The van der Waals surface area contributed by atoms with Gasteiger partial charge in [-0.2, -0.15) is 0 Å². The van der Waals surface area contributed by atoms with E-state index in [1.807, 2.05) is 6.07 Å². The summed E-state index contributed by atoms with van der Waals surface area (Å²) < 4.78 is 46.7. The van der Waals surface area contributed by atoms with Gasteiger partial charge < -0.3 is 4.74 Å². The SMILES string of the molecule is C[C@H](C(=O)Cc1cnc2c(c1)N(S(=O)(=O)c1ccc(F)c(Cl)c1)CCO2)c1ccccc1Cl. The number of carbonyl (C=O) groups is 1. The van der Waals surface area contributed by atoms with Crippen molar-refractivity contribution in [2.24, 2.45) is 0 Å². The standard InChI is InChI=1S/C23H19Cl2FN2O4S/c1-14(17-4-2-3-5-18(17)24)22(29)11-15-10-21-23(27-13-15)32-9-8-28(21)33(30,31)16-6-7-20(26)19(25)12-16/h2-7,10,12-14H,8-9,11H2,1H3/t14-/m0/s1. The third-order valence-corrected chi connectivity index (χ3v) is 7.85. The maximum atomic E-state index is 13.5. The number of sulfonamides is 1. The van der Waals surface area contributed by atoms with Crippen molar-refractivity contribution in [1.29, 1.82) is 0 Å². The highest BCUT2D eigenvalue weighted by Gasteiger charge is 2.32. The van der Waals surface area contributed by atoms with Crippen molar-refractivity contribution >= 4 is 44.7 Å². The van der Waals surface area contributed by atoms with Crippen LogP contribution in [-0.4, -0.2) is 32.3 Å². The van der Waals surface area contributed by atoms with Crippen LogP contribution in [0.4, 0.5) is 10.1 Å². The highest BCUT2D eigenvalue weighted by Crippen LogP contribution is 2.35. The van der Waals surface area contributed by atoms with E-state index in [0.717, 1.165) is 28.1 Å². The van der Waals surface area contributed by atoms with Gasteiger partial charge in [-0.05, 0) is 41.5 Å². The number of halogens is 3. The number of fused-ring (bicyclic) bond motifs is 1. The van der Waals surface area contributed by atoms with Gasteiger partial charge in [-0.25, -0.2) is 17.8 Å². The van der Waals surface area contributed by atoms with E-state index in [0.29, 0.717) is 10.6 Å². The van der Waals surface area contributed by atoms with Crippen LogP contribution in [0.5, 0.6) is 5.88 Å². The number of carbonyl (C=O) groups excluding carboxylic acids is 1. The molecule has 33 heavy (non-hydrogen) atoms. The Bertz CT molecular complexity index is 1330. The van der Waals surface area contributed by atoms with Gasteiger partial charge in [0.1, 0.15) is 23.9 Å². The minimum atomic E-state index is -4.07. The van der Waals surface area contributed by atoms with Gasteiger partial charge in [0.15, 0.2) is 0 Å². The summed E-state index contributed by atoms with van der Waals surface area (Å²) in [5.74, 6) is -1.13. The average Bonchev–Trinajstić information content (AvgIpc) is 2.80. The molecule has 0 radical (unpaired) electrons. The number of anilines is 1. The second-order valence-corrected chi connectivity index (χ2v) is 10.2. The summed E-state index contributed by atoms with van der Waals surface area (Å²) in [7, 11) is -4.07. The van der Waals surface area contributed by atoms with E-state index in [4.69, 9.17) is 27.9 Å². The predicted molar refractivity (Wildman–Crippen MR) is 124 cm³/mol. The summed E-state index contributed by atoms with van der Waals surface area (Å²) in [6.07, 6.45) is 1.52. The zero-order chi connectivity index (χ0) is 23.8. The van der Waals surface area contributed by atoms with Crippen molar-refractivity contribution in [1.82, 2.24) is 4.98 Å². The Morgan fingerprint density at radius 3 is 2.67 bits per heavy atom. The molecule has 0 bridgehead atoms. The Morgan fingerprint density at radius 1 is 1.18 bits per heavy atom. The average molecular weight is 509 g/mol. The number of rotatable bonds is 6. The van der Waals surface area contributed by atoms with Crippen LogP contribution in [0.15, 0.2) is 59.6 Å². The molecule has 0 spiro atoms. The van der Waals surface area contributed by atoms with Crippen LogP contribution in [-0.2, 0) is 21.2 Å². The van der Waals surface area contributed by atoms with Crippen molar-refractivity contribution in [2.75, 3.05) is 17.5 Å². The smallest absolute Gasteiger partial charge is 0.264 e. The molecule has 1 aromatic heterocycles. The number of ether oxygens (including phenoxy) is 1. The zero-order valence-electron chi connectivity index (χ0n) is 17.5. The van der Waals surface area contributed by atoms with E-state index in [1.54, 1.807) is 31.2 Å². The fraction of sp³-hybridized carbons (Fsp3) is 0.217. The zero-order valence-corrected chi connectivity index (χ0v) is 19.8. The highest BCUT2D eigenvalue weighted by molar-refractivity contribution is 7.92. The molecule has 10 heteroatoms. The normalized spacial score (nSPS) is 14.4. The molecule has 6 nitrogen and oxygen atoms in total. The van der Waals surface area contributed by atoms with Crippen LogP contribution in [0.25, 0.3) is 0 Å². The lowest BCUT2D eigenvalue weighted by molar-refractivity contribution is -0.119. The lowest BCUT2D eigenvalue weighted by Crippen LogP contribution is -2.38. The van der Waals surface area contributed by atoms with E-state index < -0.39 is 21.8 Å². The summed E-state index contributed by atoms with van der Waals surface area (Å²) in [6.45, 7) is 1.89. The van der Waals surface area contributed by atoms with Gasteiger partial charge in [0.05, 0.1) is 16.5 Å². The lowest BCUT2D eigenvalue weighted by atomic mass is 9.93. The van der Waals surface area contributed by atoms with Gasteiger partial charge in [-0.15, -0.1) is 0 Å². The van der Waals surface area contributed by atoms with Crippen molar-refractivity contribution in [2.45, 2.75) is 24.2 Å². The fourth-order valence-corrected chi connectivity index (χ4v) is 5.59. The van der Waals surface area contributed by atoms with Gasteiger partial charge in [0.25, 0.3) is 10.0 Å². The number of ketones is 1. The van der Waals surface area contributed by atoms with Crippen LogP contribution in [0.3, 0.4) is 0 Å². The molecule has 0 unspecified atom stereocenters. The van der Waals surface area contributed by atoms with Crippen molar-refractivity contribution in [3.63, 3.8) is 0 Å². The first-order chi connectivity index (χ1) is 15.7. The van der Waals surface area contributed by atoms with Crippen LogP contribution >= 0.6 is 23.2 Å². The largest absolute Gasteiger partial charge is 0.474 e. The molecule has 0 amide bonds. The maximum absolute atomic E-state index is 13.5. The van der Waals surface area contributed by atoms with Crippen LogP contribution in [0.2, 0.25) is 10.0 Å². The molecule has 1 atom stereocenters. The van der Waals surface area contributed by atoms with Crippen molar-refractivity contribution in [3.8, 4) is 5.88 Å². The second kappa shape index (κ2) is 9.29. The van der Waals surface area contributed by atoms with Gasteiger partial charge >= 0.3 is 0 Å². The molecule has 2 aromatic carbocycles. The molecule has 172 valence electrons. The molecular weight excluding hydrogens is 490 g/mol. The number of aromatic nitrogens is 1. The van der Waals surface area contributed by atoms with Crippen molar-refractivity contribution < 1.29 is 22.3 Å². The van der Waals surface area contributed by atoms with Crippen molar-refractivity contribution in [3.05, 3.63) is 81.7 Å². The molecule has 2 heterocycles. The first-order valence-electron chi connectivity index (χ1n) is 10.0. The van der Waals surface area contributed by atoms with Crippen LogP contribution in [0, 0.1) is 5.82 Å². The Kier molecular flexibility index (Phi) is 6.61. The number of hydrogen-bond acceptors (Lipinski definition) is 5. The molecule has 0 fully saturated rings. The topological polar surface area (TPSA) is 76.6 Å². The fourth-order valence-electron chi connectivity index (χ4n) is 3.58. The quantitative estimate of drug-likeness (QED) is 0.466. The monoisotopic (exact) mass is 508 g/mol. The number of pyridine rings is 1. The molecule has 0 saturated heterocycles. The number of hydrogen-bond donors (Lipinski definition) is 0. The third-order valence-electron chi connectivity index (χ3n) is 5.40. The lowest BCUT2D eigenvalue weighted by Gasteiger charge is -2.30. The maximum Gasteiger partial charge on any atom is 0.264 e. The number of Topliss-reactive ketones (excluding diaryl/α,β-unsaturated/α-hetero) is 1. The minimum Gasteiger partial charge on any atom is -0.474 e. The van der Waals surface area contributed by atoms with E-state index in [-0.39, 0.29) is 46.8 Å². The minimum absolute atomic E-state index is 0.0272. The third kappa shape index (κ3) is 4.69. The molecule has 3 aromatic rings. The number of benzene rings is 2. The van der Waals surface area contributed by atoms with Crippen LogP contribution in [0.1, 0.15) is 24.0 Å². The molecule has 1 aliphatic heterocycles. The first-order valence-corrected chi connectivity index (χ1v) is 12.2. The summed E-state index contributed by atoms with van der Waals surface area (Å²) in [6, 6.07) is 11.9. The second-order valence-electron chi connectivity index (χ2n) is 7.56. The highest BCUT2D eigenvalue weighted by atomic mass is 35.5. The van der Waals surface area contributed by atoms with E-state index in [9.17, 15) is 17.6 Å². The Labute approximate surface area is 201 Å². The molecule has 1 aliphatic rings.